The summed E-state index contributed by atoms with van der Waals surface area (Å²) in [4.78, 5) is 12.8. The molecule has 6 heteroatoms. The minimum Gasteiger partial charge on any atom is -0.191 e. The molecule has 1 aromatic heterocycles. The van der Waals surface area contributed by atoms with E-state index >= 15 is 0 Å². The van der Waals surface area contributed by atoms with Crippen LogP contribution < -0.4 is 0 Å². The molecule has 1 heterocycles. The van der Waals surface area contributed by atoms with Crippen molar-refractivity contribution < 1.29 is 0 Å². The number of hydrogen-bond donors (Lipinski definition) is 0. The zero-order valence-electron chi connectivity index (χ0n) is 10.8. The Morgan fingerprint density at radius 1 is 0.895 bits per heavy atom. The molecule has 2 aromatic rings. The molecule has 0 amide bonds. The van der Waals surface area contributed by atoms with Crippen molar-refractivity contribution in [2.75, 3.05) is 0 Å². The van der Waals surface area contributed by atoms with Gasteiger partial charge in [-0.05, 0) is 58.1 Å². The lowest BCUT2D eigenvalue weighted by Gasteiger charge is -2.18. The van der Waals surface area contributed by atoms with Crippen molar-refractivity contribution in [1.82, 2.24) is 15.0 Å². The summed E-state index contributed by atoms with van der Waals surface area (Å²) in [5.74, 6) is 0. The summed E-state index contributed by atoms with van der Waals surface area (Å²) in [6, 6.07) is 8.28. The van der Waals surface area contributed by atoms with E-state index < -0.39 is 0 Å². The van der Waals surface area contributed by atoms with E-state index in [1.165, 1.54) is 17.3 Å². The van der Waals surface area contributed by atoms with Gasteiger partial charge in [0.05, 0.1) is 0 Å². The Hall–Kier alpha value is -0.840. The van der Waals surface area contributed by atoms with Gasteiger partial charge in [-0.1, -0.05) is 32.9 Å². The van der Waals surface area contributed by atoms with E-state index in [9.17, 15) is 0 Å². The van der Waals surface area contributed by atoms with Gasteiger partial charge in [-0.25, -0.2) is 0 Å². The molecule has 0 radical (unpaired) electrons. The lowest BCUT2D eigenvalue weighted by Crippen LogP contribution is -2.10. The number of aromatic nitrogens is 3. The van der Waals surface area contributed by atoms with Gasteiger partial charge in [0, 0.05) is 4.90 Å². The van der Waals surface area contributed by atoms with Crippen molar-refractivity contribution in [2.24, 2.45) is 0 Å². The molecule has 3 nitrogen and oxygen atoms in total. The van der Waals surface area contributed by atoms with Crippen LogP contribution in [0.5, 0.6) is 0 Å². The molecule has 0 bridgehead atoms. The van der Waals surface area contributed by atoms with Gasteiger partial charge in [0.15, 0.2) is 5.16 Å². The van der Waals surface area contributed by atoms with E-state index in [2.05, 4.69) is 47.9 Å². The second-order valence-electron chi connectivity index (χ2n) is 5.03. The van der Waals surface area contributed by atoms with Gasteiger partial charge in [-0.3, -0.25) is 0 Å². The summed E-state index contributed by atoms with van der Waals surface area (Å²) in [5, 5.41) is 0.705. The fraction of sp³-hybridized carbons (Fsp3) is 0.308. The Morgan fingerprint density at radius 3 is 1.89 bits per heavy atom. The first-order chi connectivity index (χ1) is 8.84. The third-order valence-electron chi connectivity index (χ3n) is 2.49. The zero-order chi connectivity index (χ0) is 14.0. The molecule has 0 saturated carbocycles. The van der Waals surface area contributed by atoms with Gasteiger partial charge in [0.25, 0.3) is 0 Å². The van der Waals surface area contributed by atoms with Crippen molar-refractivity contribution in [3.63, 3.8) is 0 Å². The van der Waals surface area contributed by atoms with E-state index in [0.29, 0.717) is 5.16 Å². The molecule has 1 aromatic carbocycles. The topological polar surface area (TPSA) is 38.7 Å². The fourth-order valence-electron chi connectivity index (χ4n) is 1.48. The van der Waals surface area contributed by atoms with Crippen LogP contribution in [-0.2, 0) is 5.41 Å². The highest BCUT2D eigenvalue weighted by atomic mass is 35.5. The molecule has 0 aliphatic heterocycles. The summed E-state index contributed by atoms with van der Waals surface area (Å²) in [5.41, 5.74) is 1.42. The Morgan fingerprint density at radius 2 is 1.42 bits per heavy atom. The van der Waals surface area contributed by atoms with E-state index in [4.69, 9.17) is 23.2 Å². The van der Waals surface area contributed by atoms with Crippen LogP contribution in [0, 0.1) is 0 Å². The standard InChI is InChI=1S/C13H13Cl2N3S/c1-13(2,3)8-4-6-9(7-5-8)19-12-17-10(14)16-11(15)18-12/h4-7H,1-3H3. The molecule has 19 heavy (non-hydrogen) atoms. The van der Waals surface area contributed by atoms with Crippen molar-refractivity contribution in [2.45, 2.75) is 36.2 Å². The second kappa shape index (κ2) is 5.65. The van der Waals surface area contributed by atoms with Crippen LogP contribution in [-0.4, -0.2) is 15.0 Å². The van der Waals surface area contributed by atoms with Crippen molar-refractivity contribution >= 4 is 35.0 Å². The summed E-state index contributed by atoms with van der Waals surface area (Å²) >= 11 is 12.9. The average molecular weight is 314 g/mol. The molecule has 0 aliphatic carbocycles. The largest absolute Gasteiger partial charge is 0.227 e. The maximum Gasteiger partial charge on any atom is 0.227 e. The highest BCUT2D eigenvalue weighted by Gasteiger charge is 2.13. The predicted octanol–water partition coefficient (Wildman–Crippen LogP) is 4.63. The van der Waals surface area contributed by atoms with Crippen LogP contribution in [0.3, 0.4) is 0 Å². The first kappa shape index (κ1) is 14.6. The van der Waals surface area contributed by atoms with Crippen LogP contribution in [0.1, 0.15) is 26.3 Å². The molecule has 0 saturated heterocycles. The molecule has 0 fully saturated rings. The zero-order valence-corrected chi connectivity index (χ0v) is 13.1. The molecular weight excluding hydrogens is 301 g/mol. The van der Waals surface area contributed by atoms with Crippen LogP contribution in [0.15, 0.2) is 34.3 Å². The molecule has 0 N–H and O–H groups in total. The van der Waals surface area contributed by atoms with Crippen LogP contribution in [0.2, 0.25) is 10.6 Å². The van der Waals surface area contributed by atoms with Gasteiger partial charge >= 0.3 is 0 Å². The van der Waals surface area contributed by atoms with E-state index in [-0.39, 0.29) is 16.0 Å². The first-order valence-electron chi connectivity index (χ1n) is 5.70. The Labute approximate surface area is 126 Å². The maximum absolute atomic E-state index is 5.74. The van der Waals surface area contributed by atoms with Crippen LogP contribution in [0.4, 0.5) is 0 Å². The number of rotatable bonds is 2. The molecule has 100 valence electrons. The highest BCUT2D eigenvalue weighted by molar-refractivity contribution is 7.99. The van der Waals surface area contributed by atoms with Gasteiger partial charge in [-0.2, -0.15) is 15.0 Å². The fourth-order valence-corrected chi connectivity index (χ4v) is 2.69. The SMILES string of the molecule is CC(C)(C)c1ccc(Sc2nc(Cl)nc(Cl)n2)cc1. The number of nitrogens with zero attached hydrogens (tertiary/aromatic N) is 3. The number of halogens is 2. The summed E-state index contributed by atoms with van der Waals surface area (Å²) in [6.45, 7) is 6.54. The van der Waals surface area contributed by atoms with E-state index in [1.54, 1.807) is 0 Å². The Balaban J connectivity index is 2.20. The van der Waals surface area contributed by atoms with Gasteiger partial charge in [0.2, 0.25) is 10.6 Å². The van der Waals surface area contributed by atoms with Crippen LogP contribution >= 0.6 is 35.0 Å². The van der Waals surface area contributed by atoms with E-state index in [1.807, 2.05) is 12.1 Å². The van der Waals surface area contributed by atoms with Gasteiger partial charge in [0.1, 0.15) is 0 Å². The highest BCUT2D eigenvalue weighted by Crippen LogP contribution is 2.29. The summed E-state index contributed by atoms with van der Waals surface area (Å²) in [7, 11) is 0. The third-order valence-corrected chi connectivity index (χ3v) is 3.70. The lowest BCUT2D eigenvalue weighted by atomic mass is 9.87. The third kappa shape index (κ3) is 4.06. The monoisotopic (exact) mass is 313 g/mol. The first-order valence-corrected chi connectivity index (χ1v) is 7.27. The minimum atomic E-state index is 0.105. The molecule has 0 atom stereocenters. The smallest absolute Gasteiger partial charge is 0.191 e. The normalized spacial score (nSPS) is 11.6. The average Bonchev–Trinajstić information content (AvgIpc) is 2.26. The number of hydrogen-bond acceptors (Lipinski definition) is 4. The number of benzene rings is 1. The van der Waals surface area contributed by atoms with Crippen molar-refractivity contribution in [1.29, 1.82) is 0 Å². The summed E-state index contributed by atoms with van der Waals surface area (Å²) < 4.78 is 0. The Kier molecular flexibility index (Phi) is 4.33. The quantitative estimate of drug-likeness (QED) is 0.810. The minimum absolute atomic E-state index is 0.105. The van der Waals surface area contributed by atoms with E-state index in [0.717, 1.165) is 4.90 Å². The van der Waals surface area contributed by atoms with Crippen molar-refractivity contribution in [3.05, 3.63) is 40.4 Å². The van der Waals surface area contributed by atoms with Gasteiger partial charge < -0.3 is 0 Å². The lowest BCUT2D eigenvalue weighted by molar-refractivity contribution is 0.590. The van der Waals surface area contributed by atoms with Crippen molar-refractivity contribution in [3.8, 4) is 0 Å². The Bertz CT molecular complexity index is 559. The molecular formula is C13H13Cl2N3S. The predicted molar refractivity (Wildman–Crippen MR) is 79.1 cm³/mol. The van der Waals surface area contributed by atoms with Crippen LogP contribution in [0.25, 0.3) is 0 Å². The molecule has 0 aliphatic rings. The molecule has 0 spiro atoms. The molecule has 0 unspecified atom stereocenters. The second-order valence-corrected chi connectivity index (χ2v) is 6.75. The summed E-state index contributed by atoms with van der Waals surface area (Å²) in [6.07, 6.45) is 0. The molecule has 2 rings (SSSR count). The van der Waals surface area contributed by atoms with Gasteiger partial charge in [-0.15, -0.1) is 0 Å². The maximum atomic E-state index is 5.74.